The summed E-state index contributed by atoms with van der Waals surface area (Å²) in [4.78, 5) is 28.5. The Bertz CT molecular complexity index is 1540. The Kier molecular flexibility index (Phi) is 7.44. The molecular formula is C25H19Cl2N3O5S. The van der Waals surface area contributed by atoms with Crippen molar-refractivity contribution in [1.82, 2.24) is 10.3 Å². The van der Waals surface area contributed by atoms with E-state index in [-0.39, 0.29) is 33.1 Å². The number of benzene rings is 3. The number of carboxylic acid groups (broad SMARTS) is 1. The van der Waals surface area contributed by atoms with Gasteiger partial charge in [-0.2, -0.15) is 0 Å². The molecule has 0 saturated carbocycles. The van der Waals surface area contributed by atoms with Crippen LogP contribution < -0.4 is 9.62 Å². The number of carboxylic acids is 1. The molecule has 11 heteroatoms. The molecule has 3 aromatic carbocycles. The minimum absolute atomic E-state index is 0.0850. The number of aliphatic carboxylic acids is 1. The molecule has 0 fully saturated rings. The van der Waals surface area contributed by atoms with Crippen molar-refractivity contribution in [3.63, 3.8) is 0 Å². The number of fused-ring (bicyclic) bond motifs is 1. The summed E-state index contributed by atoms with van der Waals surface area (Å²) in [6.45, 7) is -0.610. The van der Waals surface area contributed by atoms with Crippen LogP contribution in [0.4, 0.5) is 5.69 Å². The second-order valence-electron chi connectivity index (χ2n) is 7.73. The molecule has 36 heavy (non-hydrogen) atoms. The second kappa shape index (κ2) is 10.5. The maximum atomic E-state index is 13.6. The molecule has 4 rings (SSSR count). The van der Waals surface area contributed by atoms with Crippen LogP contribution in [0.1, 0.15) is 15.9 Å². The fourth-order valence-corrected chi connectivity index (χ4v) is 5.88. The largest absolute Gasteiger partial charge is 0.480 e. The molecule has 0 aliphatic heterocycles. The molecule has 0 bridgehead atoms. The van der Waals surface area contributed by atoms with Crippen LogP contribution in [0.25, 0.3) is 10.8 Å². The summed E-state index contributed by atoms with van der Waals surface area (Å²) in [6, 6.07) is 16.9. The van der Waals surface area contributed by atoms with Crippen LogP contribution in [-0.2, 0) is 21.4 Å². The first-order chi connectivity index (χ1) is 17.2. The Morgan fingerprint density at radius 2 is 1.64 bits per heavy atom. The number of sulfonamides is 1. The molecule has 1 aromatic heterocycles. The maximum Gasteiger partial charge on any atom is 0.324 e. The number of aromatic nitrogens is 1. The van der Waals surface area contributed by atoms with Gasteiger partial charge in [0.25, 0.3) is 15.9 Å². The van der Waals surface area contributed by atoms with Crippen LogP contribution in [0.5, 0.6) is 0 Å². The van der Waals surface area contributed by atoms with Crippen LogP contribution in [0.3, 0.4) is 0 Å². The van der Waals surface area contributed by atoms with Gasteiger partial charge < -0.3 is 10.4 Å². The van der Waals surface area contributed by atoms with Crippen molar-refractivity contribution < 1.29 is 23.1 Å². The van der Waals surface area contributed by atoms with E-state index in [9.17, 15) is 23.1 Å². The molecule has 0 aliphatic rings. The number of hydrogen-bond donors (Lipinski definition) is 2. The minimum Gasteiger partial charge on any atom is -0.480 e. The van der Waals surface area contributed by atoms with Gasteiger partial charge in [0.1, 0.15) is 6.54 Å². The average Bonchev–Trinajstić information content (AvgIpc) is 2.85. The maximum absolute atomic E-state index is 13.6. The number of pyridine rings is 1. The van der Waals surface area contributed by atoms with Gasteiger partial charge >= 0.3 is 5.97 Å². The summed E-state index contributed by atoms with van der Waals surface area (Å²) >= 11 is 12.0. The van der Waals surface area contributed by atoms with E-state index in [0.717, 1.165) is 9.87 Å². The molecule has 0 radical (unpaired) electrons. The zero-order valence-corrected chi connectivity index (χ0v) is 20.9. The minimum atomic E-state index is -4.39. The molecule has 1 heterocycles. The summed E-state index contributed by atoms with van der Waals surface area (Å²) in [7, 11) is -4.39. The first-order valence-electron chi connectivity index (χ1n) is 10.6. The van der Waals surface area contributed by atoms with Gasteiger partial charge in [0, 0.05) is 39.9 Å². The molecule has 0 spiro atoms. The van der Waals surface area contributed by atoms with Gasteiger partial charge in [-0.15, -0.1) is 0 Å². The van der Waals surface area contributed by atoms with Crippen LogP contribution >= 0.6 is 23.2 Å². The molecule has 0 atom stereocenters. The summed E-state index contributed by atoms with van der Waals surface area (Å²) in [5.74, 6) is -1.75. The van der Waals surface area contributed by atoms with E-state index in [0.29, 0.717) is 16.3 Å². The lowest BCUT2D eigenvalue weighted by atomic mass is 10.0. The number of halogens is 2. The van der Waals surface area contributed by atoms with Crippen molar-refractivity contribution in [1.29, 1.82) is 0 Å². The van der Waals surface area contributed by atoms with E-state index in [4.69, 9.17) is 23.2 Å². The highest BCUT2D eigenvalue weighted by molar-refractivity contribution is 7.92. The van der Waals surface area contributed by atoms with E-state index >= 15 is 0 Å². The molecule has 184 valence electrons. The Labute approximate surface area is 217 Å². The number of anilines is 1. The zero-order chi connectivity index (χ0) is 25.9. The lowest BCUT2D eigenvalue weighted by Gasteiger charge is -2.25. The number of hydrogen-bond acceptors (Lipinski definition) is 5. The van der Waals surface area contributed by atoms with Gasteiger partial charge in [0.15, 0.2) is 0 Å². The number of carbonyl (C=O) groups excluding carboxylic acids is 1. The van der Waals surface area contributed by atoms with Crippen molar-refractivity contribution in [2.24, 2.45) is 0 Å². The Hall–Kier alpha value is -3.66. The second-order valence-corrected chi connectivity index (χ2v) is 10.5. The van der Waals surface area contributed by atoms with Gasteiger partial charge in [-0.1, -0.05) is 53.5 Å². The zero-order valence-electron chi connectivity index (χ0n) is 18.6. The third kappa shape index (κ3) is 5.43. The lowest BCUT2D eigenvalue weighted by molar-refractivity contribution is -0.135. The Morgan fingerprint density at radius 3 is 2.31 bits per heavy atom. The summed E-state index contributed by atoms with van der Waals surface area (Å²) < 4.78 is 27.9. The highest BCUT2D eigenvalue weighted by Gasteiger charge is 2.29. The number of carbonyl (C=O) groups is 2. The van der Waals surface area contributed by atoms with E-state index in [1.165, 1.54) is 24.3 Å². The molecule has 8 nitrogen and oxygen atoms in total. The van der Waals surface area contributed by atoms with Gasteiger partial charge in [-0.3, -0.25) is 18.9 Å². The van der Waals surface area contributed by atoms with Crippen LogP contribution in [0.2, 0.25) is 10.0 Å². The molecule has 0 aliphatic carbocycles. The average molecular weight is 544 g/mol. The summed E-state index contributed by atoms with van der Waals surface area (Å²) in [5, 5.41) is 13.4. The quantitative estimate of drug-likeness (QED) is 0.331. The monoisotopic (exact) mass is 543 g/mol. The molecule has 0 saturated heterocycles. The third-order valence-electron chi connectivity index (χ3n) is 5.29. The number of nitrogens with one attached hydrogen (secondary N) is 1. The van der Waals surface area contributed by atoms with Crippen molar-refractivity contribution in [2.75, 3.05) is 10.8 Å². The predicted molar refractivity (Wildman–Crippen MR) is 138 cm³/mol. The van der Waals surface area contributed by atoms with Gasteiger partial charge in [0.2, 0.25) is 0 Å². The van der Waals surface area contributed by atoms with Crippen LogP contribution in [-0.4, -0.2) is 36.9 Å². The normalized spacial score (nSPS) is 11.3. The molecule has 0 unspecified atom stereocenters. The van der Waals surface area contributed by atoms with Crippen molar-refractivity contribution in [3.8, 4) is 0 Å². The molecule has 4 aromatic rings. The lowest BCUT2D eigenvalue weighted by Crippen LogP contribution is -2.36. The first-order valence-corrected chi connectivity index (χ1v) is 12.8. The number of rotatable bonds is 8. The van der Waals surface area contributed by atoms with Crippen molar-refractivity contribution in [3.05, 3.63) is 100 Å². The highest BCUT2D eigenvalue weighted by atomic mass is 35.5. The SMILES string of the molecule is O=C(O)CN(c1cccc2c(C(=O)NCc3cccnc3)cccc12)S(=O)(=O)c1cc(Cl)cc(Cl)c1. The van der Waals surface area contributed by atoms with E-state index in [1.54, 1.807) is 48.8 Å². The topological polar surface area (TPSA) is 117 Å². The predicted octanol–water partition coefficient (Wildman–Crippen LogP) is 4.75. The van der Waals surface area contributed by atoms with Gasteiger partial charge in [-0.05, 0) is 47.3 Å². The van der Waals surface area contributed by atoms with Crippen molar-refractivity contribution >= 4 is 61.6 Å². The summed E-state index contributed by atoms with van der Waals surface area (Å²) in [6.07, 6.45) is 3.27. The fourth-order valence-electron chi connectivity index (χ4n) is 3.72. The fraction of sp³-hybridized carbons (Fsp3) is 0.0800. The Balaban J connectivity index is 1.79. The van der Waals surface area contributed by atoms with Gasteiger partial charge in [0.05, 0.1) is 10.6 Å². The van der Waals surface area contributed by atoms with E-state index in [2.05, 4.69) is 10.3 Å². The first kappa shape index (κ1) is 25.4. The van der Waals surface area contributed by atoms with Gasteiger partial charge in [-0.25, -0.2) is 8.42 Å². The van der Waals surface area contributed by atoms with Crippen LogP contribution in [0, 0.1) is 0 Å². The van der Waals surface area contributed by atoms with E-state index < -0.39 is 22.5 Å². The molecule has 1 amide bonds. The Morgan fingerprint density at radius 1 is 0.944 bits per heavy atom. The third-order valence-corrected chi connectivity index (χ3v) is 7.47. The van der Waals surface area contributed by atoms with E-state index in [1.807, 2.05) is 6.07 Å². The van der Waals surface area contributed by atoms with Crippen LogP contribution in [0.15, 0.2) is 84.0 Å². The summed E-state index contributed by atoms with van der Waals surface area (Å²) in [5.41, 5.74) is 1.20. The smallest absolute Gasteiger partial charge is 0.324 e. The standard InChI is InChI=1S/C25H19Cl2N3O5S/c26-17-10-18(27)12-19(11-17)36(34,35)30(15-24(31)32)23-8-2-5-20-21(23)6-1-7-22(20)25(33)29-14-16-4-3-9-28-13-16/h1-13H,14-15H2,(H,29,33)(H,31,32). The highest BCUT2D eigenvalue weighted by Crippen LogP contribution is 2.34. The number of amides is 1. The molecular weight excluding hydrogens is 525 g/mol. The van der Waals surface area contributed by atoms with Crippen molar-refractivity contribution in [2.45, 2.75) is 11.4 Å². The number of nitrogens with zero attached hydrogens (tertiary/aromatic N) is 2. The molecule has 2 N–H and O–H groups in total.